The molecule has 2 atom stereocenters. The van der Waals surface area contributed by atoms with Crippen molar-refractivity contribution in [3.8, 4) is 0 Å². The highest BCUT2D eigenvalue weighted by Gasteiger charge is 2.48. The number of carbonyl (C=O) groups excluding carboxylic acids is 1. The summed E-state index contributed by atoms with van der Waals surface area (Å²) in [5.74, 6) is -0.132. The van der Waals surface area contributed by atoms with Crippen molar-refractivity contribution in [3.05, 3.63) is 30.1 Å². The average molecular weight is 220 g/mol. The van der Waals surface area contributed by atoms with Crippen molar-refractivity contribution in [1.82, 2.24) is 4.90 Å². The Morgan fingerprint density at radius 1 is 1.31 bits per heavy atom. The van der Waals surface area contributed by atoms with Crippen LogP contribution in [0.25, 0.3) is 0 Å². The molecule has 1 amide bonds. The van der Waals surface area contributed by atoms with E-state index in [9.17, 15) is 9.18 Å². The molecule has 3 saturated heterocycles. The van der Waals surface area contributed by atoms with Crippen LogP contribution in [-0.2, 0) is 4.79 Å². The Kier molecular flexibility index (Phi) is 2.01. The normalized spacial score (nSPS) is 29.1. The Morgan fingerprint density at radius 2 is 2.00 bits per heavy atom. The standard InChI is InChI=1S/C12H13FN2O/c1-14-10-6-11(14)12(16)15(7-10)9-4-2-8(13)3-5-9/h2-5,10-11H,6-7H2,1H3. The largest absolute Gasteiger partial charge is 0.309 e. The molecule has 0 aromatic heterocycles. The van der Waals surface area contributed by atoms with E-state index in [1.807, 2.05) is 7.05 Å². The van der Waals surface area contributed by atoms with Gasteiger partial charge in [-0.2, -0.15) is 0 Å². The van der Waals surface area contributed by atoms with Crippen molar-refractivity contribution in [2.24, 2.45) is 0 Å². The molecule has 3 aliphatic rings. The fourth-order valence-electron chi connectivity index (χ4n) is 2.52. The predicted octanol–water partition coefficient (Wildman–Crippen LogP) is 1.24. The molecule has 0 radical (unpaired) electrons. The Balaban J connectivity index is 1.86. The van der Waals surface area contributed by atoms with Crippen molar-refractivity contribution < 1.29 is 9.18 Å². The first kappa shape index (κ1) is 9.78. The number of benzene rings is 1. The van der Waals surface area contributed by atoms with Gasteiger partial charge in [0.15, 0.2) is 0 Å². The molecule has 0 saturated carbocycles. The van der Waals surface area contributed by atoms with Crippen molar-refractivity contribution in [3.63, 3.8) is 0 Å². The van der Waals surface area contributed by atoms with Gasteiger partial charge in [-0.1, -0.05) is 0 Å². The highest BCUT2D eigenvalue weighted by Crippen LogP contribution is 2.33. The smallest absolute Gasteiger partial charge is 0.244 e. The lowest BCUT2D eigenvalue weighted by Gasteiger charge is -2.53. The molecule has 4 rings (SSSR count). The molecule has 2 unspecified atom stereocenters. The SMILES string of the molecule is CN1C2CC1C(=O)N(c1ccc(F)cc1)C2. The number of nitrogens with zero attached hydrogens (tertiary/aromatic N) is 2. The zero-order valence-corrected chi connectivity index (χ0v) is 9.06. The van der Waals surface area contributed by atoms with Crippen LogP contribution in [0.1, 0.15) is 6.42 Å². The van der Waals surface area contributed by atoms with Crippen LogP contribution in [0.2, 0.25) is 0 Å². The molecule has 3 fully saturated rings. The van der Waals surface area contributed by atoms with Crippen molar-refractivity contribution in [2.45, 2.75) is 18.5 Å². The molecule has 3 heterocycles. The fourth-order valence-corrected chi connectivity index (χ4v) is 2.52. The zero-order chi connectivity index (χ0) is 11.3. The van der Waals surface area contributed by atoms with E-state index in [4.69, 9.17) is 0 Å². The molecular formula is C12H13FN2O. The molecule has 16 heavy (non-hydrogen) atoms. The lowest BCUT2D eigenvalue weighted by Crippen LogP contribution is -2.70. The summed E-state index contributed by atoms with van der Waals surface area (Å²) in [5.41, 5.74) is 0.800. The van der Waals surface area contributed by atoms with Crippen LogP contribution in [-0.4, -0.2) is 36.5 Å². The van der Waals surface area contributed by atoms with Gasteiger partial charge in [0.05, 0.1) is 6.04 Å². The van der Waals surface area contributed by atoms with Gasteiger partial charge in [-0.05, 0) is 37.7 Å². The van der Waals surface area contributed by atoms with E-state index < -0.39 is 0 Å². The summed E-state index contributed by atoms with van der Waals surface area (Å²) < 4.78 is 12.8. The molecule has 0 N–H and O–H groups in total. The van der Waals surface area contributed by atoms with Gasteiger partial charge in [-0.25, -0.2) is 4.39 Å². The first-order valence-corrected chi connectivity index (χ1v) is 5.45. The molecule has 0 aliphatic carbocycles. The summed E-state index contributed by atoms with van der Waals surface area (Å²) in [6.07, 6.45) is 0.965. The lowest BCUT2D eigenvalue weighted by atomic mass is 9.87. The minimum absolute atomic E-state index is 0.0313. The summed E-state index contributed by atoms with van der Waals surface area (Å²) in [4.78, 5) is 15.9. The molecule has 2 bridgehead atoms. The van der Waals surface area contributed by atoms with E-state index in [1.54, 1.807) is 17.0 Å². The number of halogens is 1. The highest BCUT2D eigenvalue weighted by molar-refractivity contribution is 5.99. The number of anilines is 1. The third-order valence-electron chi connectivity index (χ3n) is 3.65. The number of amides is 1. The zero-order valence-electron chi connectivity index (χ0n) is 9.06. The molecule has 0 spiro atoms. The molecular weight excluding hydrogens is 207 g/mol. The van der Waals surface area contributed by atoms with Crippen molar-refractivity contribution in [2.75, 3.05) is 18.5 Å². The number of likely N-dealkylation sites (N-methyl/N-ethyl adjacent to an activating group) is 1. The molecule has 3 nitrogen and oxygen atoms in total. The quantitative estimate of drug-likeness (QED) is 0.711. The molecule has 1 aromatic carbocycles. The van der Waals surface area contributed by atoms with Crippen LogP contribution in [0.4, 0.5) is 10.1 Å². The Morgan fingerprint density at radius 3 is 2.56 bits per heavy atom. The monoisotopic (exact) mass is 220 g/mol. The van der Waals surface area contributed by atoms with Crippen LogP contribution in [0.5, 0.6) is 0 Å². The lowest BCUT2D eigenvalue weighted by molar-refractivity contribution is -0.135. The van der Waals surface area contributed by atoms with Gasteiger partial charge in [0.1, 0.15) is 5.82 Å². The van der Waals surface area contributed by atoms with Crippen LogP contribution in [0.15, 0.2) is 24.3 Å². The maximum absolute atomic E-state index is 12.8. The highest BCUT2D eigenvalue weighted by atomic mass is 19.1. The van der Waals surface area contributed by atoms with Gasteiger partial charge in [0.2, 0.25) is 5.91 Å². The second kappa shape index (κ2) is 3.28. The minimum Gasteiger partial charge on any atom is -0.309 e. The Labute approximate surface area is 93.5 Å². The van der Waals surface area contributed by atoms with Crippen LogP contribution < -0.4 is 4.90 Å². The predicted molar refractivity (Wildman–Crippen MR) is 58.7 cm³/mol. The van der Waals surface area contributed by atoms with E-state index in [-0.39, 0.29) is 17.8 Å². The van der Waals surface area contributed by atoms with E-state index in [0.29, 0.717) is 6.04 Å². The second-order valence-electron chi connectivity index (χ2n) is 4.50. The number of piperazine rings is 1. The number of rotatable bonds is 1. The Bertz CT molecular complexity index is 431. The summed E-state index contributed by atoms with van der Waals surface area (Å²) >= 11 is 0. The fraction of sp³-hybridized carbons (Fsp3) is 0.417. The van der Waals surface area contributed by atoms with E-state index in [1.165, 1.54) is 12.1 Å². The second-order valence-corrected chi connectivity index (χ2v) is 4.50. The number of piperidine rings is 1. The summed E-state index contributed by atoms with van der Waals surface area (Å²) in [6, 6.07) is 6.62. The molecule has 3 aliphatic heterocycles. The van der Waals surface area contributed by atoms with Crippen LogP contribution >= 0.6 is 0 Å². The van der Waals surface area contributed by atoms with E-state index in [2.05, 4.69) is 4.90 Å². The van der Waals surface area contributed by atoms with Gasteiger partial charge in [0, 0.05) is 18.3 Å². The van der Waals surface area contributed by atoms with Gasteiger partial charge in [0.25, 0.3) is 0 Å². The molecule has 1 aromatic rings. The van der Waals surface area contributed by atoms with Crippen molar-refractivity contribution in [1.29, 1.82) is 0 Å². The number of fused-ring (bicyclic) bond motifs is 2. The first-order valence-electron chi connectivity index (χ1n) is 5.45. The van der Waals surface area contributed by atoms with E-state index >= 15 is 0 Å². The molecule has 84 valence electrons. The van der Waals surface area contributed by atoms with Crippen LogP contribution in [0, 0.1) is 5.82 Å². The third-order valence-corrected chi connectivity index (χ3v) is 3.65. The third kappa shape index (κ3) is 1.26. The maximum Gasteiger partial charge on any atom is 0.244 e. The van der Waals surface area contributed by atoms with Gasteiger partial charge in [-0.3, -0.25) is 9.69 Å². The van der Waals surface area contributed by atoms with Crippen LogP contribution in [0.3, 0.4) is 0 Å². The maximum atomic E-state index is 12.8. The van der Waals surface area contributed by atoms with E-state index in [0.717, 1.165) is 18.7 Å². The van der Waals surface area contributed by atoms with Crippen molar-refractivity contribution >= 4 is 11.6 Å². The minimum atomic E-state index is -0.268. The topological polar surface area (TPSA) is 23.6 Å². The first-order chi connectivity index (χ1) is 7.66. The average Bonchev–Trinajstić information content (AvgIpc) is 2.29. The molecule has 4 heteroatoms. The summed E-state index contributed by atoms with van der Waals surface area (Å²) in [5, 5.41) is 0. The van der Waals surface area contributed by atoms with Gasteiger partial charge < -0.3 is 4.90 Å². The number of carbonyl (C=O) groups is 1. The Hall–Kier alpha value is -1.42. The van der Waals surface area contributed by atoms with Gasteiger partial charge in [-0.15, -0.1) is 0 Å². The number of hydrogen-bond acceptors (Lipinski definition) is 2. The summed E-state index contributed by atoms with van der Waals surface area (Å²) in [6.45, 7) is 0.720. The van der Waals surface area contributed by atoms with Gasteiger partial charge >= 0.3 is 0 Å². The number of hydrogen-bond donors (Lipinski definition) is 0. The summed E-state index contributed by atoms with van der Waals surface area (Å²) in [7, 11) is 1.98.